The Kier molecular flexibility index (Phi) is 6.19. The quantitative estimate of drug-likeness (QED) is 0.604. The lowest BCUT2D eigenvalue weighted by molar-refractivity contribution is 0.1000. The average molecular weight is 377 g/mol. The largest absolute Gasteiger partial charge is 0.496 e. The molecule has 0 atom stereocenters. The maximum Gasteiger partial charge on any atom is 0.251 e. The Morgan fingerprint density at radius 2 is 1.75 bits per heavy atom. The average Bonchev–Trinajstić information content (AvgIpc) is 2.98. The first-order valence-corrected chi connectivity index (χ1v) is 9.77. The predicted molar refractivity (Wildman–Crippen MR) is 114 cm³/mol. The van der Waals surface area contributed by atoms with E-state index in [0.717, 1.165) is 47.5 Å². The van der Waals surface area contributed by atoms with E-state index < -0.39 is 5.91 Å². The van der Waals surface area contributed by atoms with Crippen LogP contribution in [0.25, 0.3) is 11.1 Å². The molecule has 0 radical (unpaired) electrons. The van der Waals surface area contributed by atoms with Crippen LogP contribution in [0.1, 0.15) is 47.1 Å². The molecule has 1 amide bonds. The second-order valence-corrected chi connectivity index (χ2v) is 7.02. The molecule has 0 bridgehead atoms. The van der Waals surface area contributed by atoms with Crippen LogP contribution in [0, 0.1) is 6.92 Å². The minimum absolute atomic E-state index is 0.400. The molecule has 0 fully saturated rings. The van der Waals surface area contributed by atoms with Gasteiger partial charge in [0.2, 0.25) is 0 Å². The molecule has 0 aliphatic carbocycles. The smallest absolute Gasteiger partial charge is 0.251 e. The van der Waals surface area contributed by atoms with E-state index >= 15 is 0 Å². The Labute approximate surface area is 166 Å². The number of benzene rings is 2. The summed E-state index contributed by atoms with van der Waals surface area (Å²) in [5, 5.41) is 0. The Balaban J connectivity index is 2.27. The number of hydrogen-bond acceptors (Lipinski definition) is 2. The molecule has 0 aliphatic heterocycles. The lowest BCUT2D eigenvalue weighted by Gasteiger charge is -2.14. The highest BCUT2D eigenvalue weighted by Gasteiger charge is 2.26. The van der Waals surface area contributed by atoms with Crippen LogP contribution in [0.15, 0.2) is 54.6 Å². The first kappa shape index (κ1) is 19.7. The van der Waals surface area contributed by atoms with Gasteiger partial charge in [0, 0.05) is 29.1 Å². The van der Waals surface area contributed by atoms with Crippen molar-refractivity contribution in [1.29, 1.82) is 0 Å². The summed E-state index contributed by atoms with van der Waals surface area (Å²) in [6.45, 7) is 4.87. The summed E-state index contributed by atoms with van der Waals surface area (Å²) in [4.78, 5) is 12.5. The molecule has 4 nitrogen and oxygen atoms in total. The number of ether oxygens (including phenoxy) is 1. The highest BCUT2D eigenvalue weighted by atomic mass is 16.5. The molecule has 2 aromatic carbocycles. The number of primary amides is 1. The Hall–Kier alpha value is -3.01. The van der Waals surface area contributed by atoms with Gasteiger partial charge in [-0.3, -0.25) is 4.79 Å². The summed E-state index contributed by atoms with van der Waals surface area (Å²) in [6, 6.07) is 18.1. The number of para-hydroxylation sites is 1. The SMILES string of the molecule is CCCCc1c(-c2ccccc2OC)c(C(N)=O)c(C)n1Cc1ccccc1. The van der Waals surface area contributed by atoms with Gasteiger partial charge in [-0.05, 0) is 31.4 Å². The van der Waals surface area contributed by atoms with Gasteiger partial charge in [-0.15, -0.1) is 0 Å². The molecule has 1 aromatic heterocycles. The number of nitrogens with two attached hydrogens (primary N) is 1. The zero-order chi connectivity index (χ0) is 20.1. The van der Waals surface area contributed by atoms with Gasteiger partial charge in [0.05, 0.1) is 12.7 Å². The summed E-state index contributed by atoms with van der Waals surface area (Å²) in [5.74, 6) is 0.350. The van der Waals surface area contributed by atoms with Crippen molar-refractivity contribution in [3.05, 3.63) is 77.1 Å². The van der Waals surface area contributed by atoms with E-state index in [9.17, 15) is 4.79 Å². The highest BCUT2D eigenvalue weighted by Crippen LogP contribution is 2.39. The Bertz CT molecular complexity index is 958. The van der Waals surface area contributed by atoms with Crippen LogP contribution >= 0.6 is 0 Å². The highest BCUT2D eigenvalue weighted by molar-refractivity contribution is 6.03. The molecule has 146 valence electrons. The van der Waals surface area contributed by atoms with Crippen molar-refractivity contribution in [2.24, 2.45) is 5.73 Å². The van der Waals surface area contributed by atoms with E-state index in [1.54, 1.807) is 7.11 Å². The second-order valence-electron chi connectivity index (χ2n) is 7.02. The van der Waals surface area contributed by atoms with Crippen molar-refractivity contribution in [1.82, 2.24) is 4.57 Å². The number of hydrogen-bond donors (Lipinski definition) is 1. The van der Waals surface area contributed by atoms with Crippen molar-refractivity contribution in [3.8, 4) is 16.9 Å². The van der Waals surface area contributed by atoms with Crippen LogP contribution in [0.5, 0.6) is 5.75 Å². The summed E-state index contributed by atoms with van der Waals surface area (Å²) >= 11 is 0. The van der Waals surface area contributed by atoms with E-state index in [-0.39, 0.29) is 0 Å². The first-order valence-electron chi connectivity index (χ1n) is 9.77. The Morgan fingerprint density at radius 1 is 1.07 bits per heavy atom. The number of carbonyl (C=O) groups is 1. The number of unbranched alkanes of at least 4 members (excludes halogenated alkanes) is 1. The zero-order valence-corrected chi connectivity index (χ0v) is 16.9. The van der Waals surface area contributed by atoms with Crippen molar-refractivity contribution in [3.63, 3.8) is 0 Å². The van der Waals surface area contributed by atoms with Gasteiger partial charge >= 0.3 is 0 Å². The van der Waals surface area contributed by atoms with E-state index in [4.69, 9.17) is 10.5 Å². The molecule has 3 aromatic rings. The van der Waals surface area contributed by atoms with Crippen LogP contribution < -0.4 is 10.5 Å². The van der Waals surface area contributed by atoms with Crippen molar-refractivity contribution >= 4 is 5.91 Å². The lowest BCUT2D eigenvalue weighted by Crippen LogP contribution is -2.13. The van der Waals surface area contributed by atoms with Crippen LogP contribution in [0.4, 0.5) is 0 Å². The van der Waals surface area contributed by atoms with E-state index in [1.165, 1.54) is 5.56 Å². The van der Waals surface area contributed by atoms with Crippen LogP contribution in [0.3, 0.4) is 0 Å². The molecule has 0 aliphatic rings. The zero-order valence-electron chi connectivity index (χ0n) is 16.9. The van der Waals surface area contributed by atoms with Crippen LogP contribution in [0.2, 0.25) is 0 Å². The number of methoxy groups -OCH3 is 1. The number of amides is 1. The van der Waals surface area contributed by atoms with Gasteiger partial charge in [-0.1, -0.05) is 61.9 Å². The summed E-state index contributed by atoms with van der Waals surface area (Å²) < 4.78 is 7.84. The monoisotopic (exact) mass is 376 g/mol. The third-order valence-electron chi connectivity index (χ3n) is 5.20. The van der Waals surface area contributed by atoms with E-state index in [0.29, 0.717) is 12.1 Å². The molecular weight excluding hydrogens is 348 g/mol. The fourth-order valence-corrected chi connectivity index (χ4v) is 3.82. The van der Waals surface area contributed by atoms with Gasteiger partial charge in [-0.25, -0.2) is 0 Å². The maximum atomic E-state index is 12.5. The predicted octanol–water partition coefficient (Wildman–Crippen LogP) is 4.96. The van der Waals surface area contributed by atoms with E-state index in [2.05, 4.69) is 23.6 Å². The minimum atomic E-state index is -0.400. The number of aromatic nitrogens is 1. The molecule has 0 spiro atoms. The lowest BCUT2D eigenvalue weighted by atomic mass is 9.97. The molecule has 0 saturated carbocycles. The summed E-state index contributed by atoms with van der Waals surface area (Å²) in [7, 11) is 1.66. The molecule has 0 unspecified atom stereocenters. The van der Waals surface area contributed by atoms with Gasteiger partial charge in [0.25, 0.3) is 5.91 Å². The molecule has 4 heteroatoms. The fourth-order valence-electron chi connectivity index (χ4n) is 3.82. The molecule has 0 saturated heterocycles. The van der Waals surface area contributed by atoms with Crippen molar-refractivity contribution in [2.45, 2.75) is 39.7 Å². The van der Waals surface area contributed by atoms with Crippen LogP contribution in [-0.2, 0) is 13.0 Å². The minimum Gasteiger partial charge on any atom is -0.496 e. The summed E-state index contributed by atoms with van der Waals surface area (Å²) in [5.41, 5.74) is 11.5. The molecule has 3 rings (SSSR count). The maximum absolute atomic E-state index is 12.5. The van der Waals surface area contributed by atoms with Crippen LogP contribution in [-0.4, -0.2) is 17.6 Å². The second kappa shape index (κ2) is 8.79. The molecular formula is C24H28N2O2. The third-order valence-corrected chi connectivity index (χ3v) is 5.20. The van der Waals surface area contributed by atoms with E-state index in [1.807, 2.05) is 49.4 Å². The standard InChI is InChI=1S/C24H28N2O2/c1-4-5-14-20-23(19-13-9-10-15-21(19)28-3)22(24(25)27)17(2)26(20)16-18-11-7-6-8-12-18/h6-13,15H,4-5,14,16H2,1-3H3,(H2,25,27). The molecule has 2 N–H and O–H groups in total. The number of carbonyl (C=O) groups excluding carboxylic acids is 1. The Morgan fingerprint density at radius 3 is 2.39 bits per heavy atom. The molecule has 1 heterocycles. The fraction of sp³-hybridized carbons (Fsp3) is 0.292. The normalized spacial score (nSPS) is 10.8. The topological polar surface area (TPSA) is 57.2 Å². The third kappa shape index (κ3) is 3.81. The van der Waals surface area contributed by atoms with Crippen molar-refractivity contribution in [2.75, 3.05) is 7.11 Å². The van der Waals surface area contributed by atoms with Gasteiger partial charge < -0.3 is 15.0 Å². The van der Waals surface area contributed by atoms with Gasteiger partial charge in [0.1, 0.15) is 5.75 Å². The van der Waals surface area contributed by atoms with Gasteiger partial charge in [0.15, 0.2) is 0 Å². The summed E-state index contributed by atoms with van der Waals surface area (Å²) in [6.07, 6.45) is 3.00. The number of rotatable bonds is 8. The van der Waals surface area contributed by atoms with Crippen molar-refractivity contribution < 1.29 is 9.53 Å². The molecule has 28 heavy (non-hydrogen) atoms. The number of nitrogens with zero attached hydrogens (tertiary/aromatic N) is 1. The first-order chi connectivity index (χ1) is 13.6. The van der Waals surface area contributed by atoms with Gasteiger partial charge in [-0.2, -0.15) is 0 Å².